The summed E-state index contributed by atoms with van der Waals surface area (Å²) in [5, 5.41) is 1.16. The third-order valence-corrected chi connectivity index (χ3v) is 4.19. The fourth-order valence-electron chi connectivity index (χ4n) is 2.16. The average molecular weight is 406 g/mol. The third-order valence-electron chi connectivity index (χ3n) is 3.00. The molecule has 0 unspecified atom stereocenters. The SMILES string of the molecule is ClCCc1nc2cc(Cl)cnc2n1-c1ccc(Br)cc1Cl. The molecule has 1 aromatic carbocycles. The summed E-state index contributed by atoms with van der Waals surface area (Å²) in [6.07, 6.45) is 2.21. The molecule has 0 saturated carbocycles. The van der Waals surface area contributed by atoms with E-state index in [0.717, 1.165) is 21.5 Å². The van der Waals surface area contributed by atoms with Gasteiger partial charge in [-0.25, -0.2) is 9.97 Å². The van der Waals surface area contributed by atoms with Crippen molar-refractivity contribution in [3.8, 4) is 5.69 Å². The van der Waals surface area contributed by atoms with Crippen molar-refractivity contribution in [1.29, 1.82) is 0 Å². The molecule has 2 heterocycles. The molecule has 0 aliphatic heterocycles. The number of fused-ring (bicyclic) bond motifs is 1. The van der Waals surface area contributed by atoms with E-state index in [2.05, 4.69) is 25.9 Å². The van der Waals surface area contributed by atoms with E-state index in [0.29, 0.717) is 28.0 Å². The van der Waals surface area contributed by atoms with Crippen molar-refractivity contribution in [3.05, 3.63) is 50.8 Å². The number of pyridine rings is 1. The molecular weight excluding hydrogens is 396 g/mol. The average Bonchev–Trinajstić information content (AvgIpc) is 2.76. The van der Waals surface area contributed by atoms with Crippen molar-refractivity contribution in [2.45, 2.75) is 6.42 Å². The molecule has 21 heavy (non-hydrogen) atoms. The van der Waals surface area contributed by atoms with E-state index in [1.165, 1.54) is 0 Å². The molecule has 0 N–H and O–H groups in total. The van der Waals surface area contributed by atoms with Crippen molar-refractivity contribution in [2.75, 3.05) is 5.88 Å². The summed E-state index contributed by atoms with van der Waals surface area (Å²) in [6.45, 7) is 0. The normalized spacial score (nSPS) is 11.2. The van der Waals surface area contributed by atoms with Gasteiger partial charge in [-0.3, -0.25) is 4.57 Å². The van der Waals surface area contributed by atoms with Gasteiger partial charge >= 0.3 is 0 Å². The number of aryl methyl sites for hydroxylation is 1. The monoisotopic (exact) mass is 403 g/mol. The first kappa shape index (κ1) is 15.1. The highest BCUT2D eigenvalue weighted by atomic mass is 79.9. The van der Waals surface area contributed by atoms with Gasteiger partial charge in [-0.1, -0.05) is 39.1 Å². The molecule has 0 aliphatic rings. The van der Waals surface area contributed by atoms with Crippen molar-refractivity contribution in [3.63, 3.8) is 0 Å². The summed E-state index contributed by atoms with van der Waals surface area (Å²) in [5.74, 6) is 1.27. The minimum atomic E-state index is 0.463. The van der Waals surface area contributed by atoms with Crippen LogP contribution in [0.25, 0.3) is 16.9 Å². The molecule has 0 amide bonds. The first-order valence-corrected chi connectivity index (χ1v) is 8.23. The smallest absolute Gasteiger partial charge is 0.164 e. The zero-order valence-electron chi connectivity index (χ0n) is 10.7. The highest BCUT2D eigenvalue weighted by Gasteiger charge is 2.16. The number of halogens is 4. The number of nitrogens with zero attached hydrogens (tertiary/aromatic N) is 3. The number of hydrogen-bond donors (Lipinski definition) is 0. The second-order valence-electron chi connectivity index (χ2n) is 4.39. The molecule has 2 aromatic heterocycles. The molecule has 108 valence electrons. The fourth-order valence-corrected chi connectivity index (χ4v) is 3.23. The molecule has 0 saturated heterocycles. The molecule has 0 aliphatic carbocycles. The minimum Gasteiger partial charge on any atom is -0.279 e. The summed E-state index contributed by atoms with van der Waals surface area (Å²) in [5.41, 5.74) is 2.25. The second kappa shape index (κ2) is 6.13. The molecule has 0 atom stereocenters. The van der Waals surface area contributed by atoms with Crippen molar-refractivity contribution >= 4 is 61.9 Å². The molecule has 3 rings (SSSR count). The maximum absolute atomic E-state index is 6.36. The quantitative estimate of drug-likeness (QED) is 0.556. The van der Waals surface area contributed by atoms with Gasteiger partial charge in [0.15, 0.2) is 5.65 Å². The number of alkyl halides is 1. The van der Waals surface area contributed by atoms with Crippen LogP contribution < -0.4 is 0 Å². The molecule has 0 radical (unpaired) electrons. The van der Waals surface area contributed by atoms with Gasteiger partial charge in [-0.05, 0) is 24.3 Å². The molecule has 3 aromatic rings. The van der Waals surface area contributed by atoms with Crippen molar-refractivity contribution < 1.29 is 0 Å². The van der Waals surface area contributed by atoms with E-state index in [4.69, 9.17) is 34.8 Å². The number of benzene rings is 1. The van der Waals surface area contributed by atoms with Crippen molar-refractivity contribution in [2.24, 2.45) is 0 Å². The Morgan fingerprint density at radius 1 is 1.19 bits per heavy atom. The highest BCUT2D eigenvalue weighted by Crippen LogP contribution is 2.29. The van der Waals surface area contributed by atoms with E-state index in [-0.39, 0.29) is 0 Å². The zero-order chi connectivity index (χ0) is 15.0. The Balaban J connectivity index is 2.30. The van der Waals surface area contributed by atoms with E-state index in [1.54, 1.807) is 12.3 Å². The molecule has 0 fully saturated rings. The lowest BCUT2D eigenvalue weighted by atomic mass is 10.3. The molecule has 3 nitrogen and oxygen atoms in total. The van der Waals surface area contributed by atoms with E-state index in [9.17, 15) is 0 Å². The van der Waals surface area contributed by atoms with Gasteiger partial charge < -0.3 is 0 Å². The first-order chi connectivity index (χ1) is 10.1. The number of aromatic nitrogens is 3. The summed E-state index contributed by atoms with van der Waals surface area (Å²) in [4.78, 5) is 8.94. The van der Waals surface area contributed by atoms with Gasteiger partial charge in [-0.15, -0.1) is 11.6 Å². The largest absolute Gasteiger partial charge is 0.279 e. The summed E-state index contributed by atoms with van der Waals surface area (Å²) >= 11 is 21.6. The molecule has 0 spiro atoms. The van der Waals surface area contributed by atoms with E-state index >= 15 is 0 Å². The van der Waals surface area contributed by atoms with Gasteiger partial charge in [0, 0.05) is 23.0 Å². The van der Waals surface area contributed by atoms with Gasteiger partial charge in [0.2, 0.25) is 0 Å². The molecule has 7 heteroatoms. The van der Waals surface area contributed by atoms with E-state index in [1.807, 2.05) is 22.8 Å². The lowest BCUT2D eigenvalue weighted by Crippen LogP contribution is -2.03. The van der Waals surface area contributed by atoms with Gasteiger partial charge in [0.25, 0.3) is 0 Å². The van der Waals surface area contributed by atoms with Crippen LogP contribution in [0.4, 0.5) is 0 Å². The maximum atomic E-state index is 6.36. The Morgan fingerprint density at radius 3 is 2.71 bits per heavy atom. The van der Waals surface area contributed by atoms with Crippen LogP contribution in [-0.2, 0) is 6.42 Å². The summed E-state index contributed by atoms with van der Waals surface area (Å²) in [7, 11) is 0. The van der Waals surface area contributed by atoms with Gasteiger partial charge in [0.1, 0.15) is 11.3 Å². The standard InChI is InChI=1S/C14H9BrCl3N3/c15-8-1-2-12(10(18)5-8)21-13(3-4-16)20-11-6-9(17)7-19-14(11)21/h1-2,5-7H,3-4H2. The van der Waals surface area contributed by atoms with Gasteiger partial charge in [-0.2, -0.15) is 0 Å². The van der Waals surface area contributed by atoms with Crippen LogP contribution in [0.5, 0.6) is 0 Å². The van der Waals surface area contributed by atoms with Crippen LogP contribution in [0, 0.1) is 0 Å². The van der Waals surface area contributed by atoms with Gasteiger partial charge in [0.05, 0.1) is 15.7 Å². The van der Waals surface area contributed by atoms with E-state index < -0.39 is 0 Å². The number of rotatable bonds is 3. The fraction of sp³-hybridized carbons (Fsp3) is 0.143. The topological polar surface area (TPSA) is 30.7 Å². The second-order valence-corrected chi connectivity index (χ2v) is 6.53. The van der Waals surface area contributed by atoms with Crippen LogP contribution in [0.2, 0.25) is 10.0 Å². The minimum absolute atomic E-state index is 0.463. The Labute approximate surface area is 145 Å². The summed E-state index contributed by atoms with van der Waals surface area (Å²) in [6, 6.07) is 7.46. The third kappa shape index (κ3) is 2.90. The van der Waals surface area contributed by atoms with Crippen LogP contribution in [0.1, 0.15) is 5.82 Å². The van der Waals surface area contributed by atoms with Crippen LogP contribution in [-0.4, -0.2) is 20.4 Å². The summed E-state index contributed by atoms with van der Waals surface area (Å²) < 4.78 is 2.83. The lowest BCUT2D eigenvalue weighted by Gasteiger charge is -2.10. The zero-order valence-corrected chi connectivity index (χ0v) is 14.5. The predicted molar refractivity (Wildman–Crippen MR) is 91.0 cm³/mol. The Kier molecular flexibility index (Phi) is 4.41. The lowest BCUT2D eigenvalue weighted by molar-refractivity contribution is 0.905. The Morgan fingerprint density at radius 2 is 2.00 bits per heavy atom. The Hall–Kier alpha value is -0.810. The Bertz CT molecular complexity index is 817. The first-order valence-electron chi connectivity index (χ1n) is 6.14. The highest BCUT2D eigenvalue weighted by molar-refractivity contribution is 9.10. The van der Waals surface area contributed by atoms with Crippen LogP contribution in [0.3, 0.4) is 0 Å². The van der Waals surface area contributed by atoms with Crippen molar-refractivity contribution in [1.82, 2.24) is 14.5 Å². The maximum Gasteiger partial charge on any atom is 0.164 e. The predicted octanol–water partition coefficient (Wildman–Crippen LogP) is 5.27. The van der Waals surface area contributed by atoms with Crippen LogP contribution >= 0.6 is 50.7 Å². The number of hydrogen-bond acceptors (Lipinski definition) is 2. The molecular formula is C14H9BrCl3N3. The molecule has 0 bridgehead atoms. The van der Waals surface area contributed by atoms with Crippen LogP contribution in [0.15, 0.2) is 34.9 Å². The number of imidazole rings is 1.